The Labute approximate surface area is 166 Å². The number of nitro benzene ring substituents is 1. The zero-order chi connectivity index (χ0) is 21.0. The molecule has 2 aromatic rings. The zero-order valence-electron chi connectivity index (χ0n) is 15.4. The molecule has 0 saturated carbocycles. The Morgan fingerprint density at radius 2 is 1.90 bits per heavy atom. The van der Waals surface area contributed by atoms with E-state index in [1.165, 1.54) is 23.1 Å². The molecular formula is C20H19N3O6. The van der Waals surface area contributed by atoms with Gasteiger partial charge in [-0.25, -0.2) is 0 Å². The van der Waals surface area contributed by atoms with E-state index >= 15 is 0 Å². The summed E-state index contributed by atoms with van der Waals surface area (Å²) >= 11 is 0. The van der Waals surface area contributed by atoms with Gasteiger partial charge in [-0.1, -0.05) is 36.4 Å². The highest BCUT2D eigenvalue weighted by Gasteiger charge is 2.39. The first-order valence-electron chi connectivity index (χ1n) is 8.94. The number of fused-ring (bicyclic) bond motifs is 1. The van der Waals surface area contributed by atoms with Gasteiger partial charge in [-0.15, -0.1) is 0 Å². The summed E-state index contributed by atoms with van der Waals surface area (Å²) in [4.78, 5) is 48.4. The predicted molar refractivity (Wildman–Crippen MR) is 101 cm³/mol. The van der Waals surface area contributed by atoms with Gasteiger partial charge in [0.25, 0.3) is 11.6 Å². The van der Waals surface area contributed by atoms with Gasteiger partial charge in [0.05, 0.1) is 22.6 Å². The van der Waals surface area contributed by atoms with Crippen molar-refractivity contribution in [1.82, 2.24) is 4.90 Å². The van der Waals surface area contributed by atoms with Crippen LogP contribution in [0.4, 0.5) is 5.69 Å². The number of nitrogens with two attached hydrogens (primary N) is 1. The van der Waals surface area contributed by atoms with Crippen molar-refractivity contribution in [2.45, 2.75) is 32.0 Å². The van der Waals surface area contributed by atoms with Crippen molar-refractivity contribution in [3.63, 3.8) is 0 Å². The number of primary amides is 1. The number of carbonyl (C=O) groups is 3. The smallest absolute Gasteiger partial charge is 0.306 e. The van der Waals surface area contributed by atoms with Crippen molar-refractivity contribution in [3.05, 3.63) is 75.3 Å². The molecule has 2 N–H and O–H groups in total. The normalized spacial score (nSPS) is 13.7. The van der Waals surface area contributed by atoms with Crippen molar-refractivity contribution in [2.24, 2.45) is 5.73 Å². The number of hydrogen-bond donors (Lipinski definition) is 1. The average Bonchev–Trinajstić information content (AvgIpc) is 3.03. The molecule has 3 rings (SSSR count). The van der Waals surface area contributed by atoms with E-state index in [4.69, 9.17) is 10.5 Å². The monoisotopic (exact) mass is 397 g/mol. The topological polar surface area (TPSA) is 133 Å². The third-order valence-electron chi connectivity index (χ3n) is 4.74. The largest absolute Gasteiger partial charge is 0.461 e. The average molecular weight is 397 g/mol. The molecule has 0 radical (unpaired) electrons. The van der Waals surface area contributed by atoms with Gasteiger partial charge in [-0.3, -0.25) is 24.5 Å². The van der Waals surface area contributed by atoms with E-state index in [0.29, 0.717) is 0 Å². The first kappa shape index (κ1) is 20.0. The highest BCUT2D eigenvalue weighted by atomic mass is 16.6. The molecule has 9 nitrogen and oxygen atoms in total. The number of ether oxygens (including phenoxy) is 1. The Hall–Kier alpha value is -3.75. The van der Waals surface area contributed by atoms with Crippen molar-refractivity contribution >= 4 is 23.5 Å². The number of hydrogen-bond acceptors (Lipinski definition) is 6. The van der Waals surface area contributed by atoms with Crippen LogP contribution in [0.1, 0.15) is 34.3 Å². The van der Waals surface area contributed by atoms with Gasteiger partial charge < -0.3 is 15.4 Å². The van der Waals surface area contributed by atoms with Crippen LogP contribution < -0.4 is 5.73 Å². The van der Waals surface area contributed by atoms with Gasteiger partial charge in [0.1, 0.15) is 12.6 Å². The minimum absolute atomic E-state index is 0.0313. The Bertz CT molecular complexity index is 960. The van der Waals surface area contributed by atoms with Crippen molar-refractivity contribution < 1.29 is 24.0 Å². The fourth-order valence-corrected chi connectivity index (χ4v) is 3.28. The number of amides is 2. The second-order valence-electron chi connectivity index (χ2n) is 6.60. The van der Waals surface area contributed by atoms with Crippen LogP contribution in [0, 0.1) is 10.1 Å². The molecule has 1 heterocycles. The maximum atomic E-state index is 12.7. The molecule has 0 spiro atoms. The highest BCUT2D eigenvalue weighted by molar-refractivity contribution is 6.02. The lowest BCUT2D eigenvalue weighted by Crippen LogP contribution is -2.45. The van der Waals surface area contributed by atoms with Crippen LogP contribution in [-0.4, -0.2) is 33.6 Å². The van der Waals surface area contributed by atoms with E-state index in [9.17, 15) is 24.5 Å². The molecule has 9 heteroatoms. The number of rotatable bonds is 8. The number of benzene rings is 2. The van der Waals surface area contributed by atoms with Gasteiger partial charge in [0.2, 0.25) is 5.91 Å². The zero-order valence-corrected chi connectivity index (χ0v) is 15.4. The van der Waals surface area contributed by atoms with Crippen LogP contribution >= 0.6 is 0 Å². The van der Waals surface area contributed by atoms with E-state index < -0.39 is 28.7 Å². The standard InChI is InChI=1S/C20H19N3O6/c21-19(25)17(9-10-18(24)29-12-13-5-2-1-3-6-13)22-11-15-14(20(22)26)7-4-8-16(15)23(27)28/h1-8,17H,9-12H2,(H2,21,25). The Morgan fingerprint density at radius 1 is 1.17 bits per heavy atom. The number of nitro groups is 1. The fraction of sp³-hybridized carbons (Fsp3) is 0.250. The molecule has 1 aliphatic rings. The fourth-order valence-electron chi connectivity index (χ4n) is 3.28. The molecule has 0 aromatic heterocycles. The van der Waals surface area contributed by atoms with Crippen LogP contribution in [0.3, 0.4) is 0 Å². The molecule has 0 saturated heterocycles. The van der Waals surface area contributed by atoms with Gasteiger partial charge in [0.15, 0.2) is 0 Å². The van der Waals surface area contributed by atoms with E-state index in [1.807, 2.05) is 30.3 Å². The molecule has 1 atom stereocenters. The Morgan fingerprint density at radius 3 is 2.55 bits per heavy atom. The highest BCUT2D eigenvalue weighted by Crippen LogP contribution is 2.32. The van der Waals surface area contributed by atoms with Crippen molar-refractivity contribution in [3.8, 4) is 0 Å². The summed E-state index contributed by atoms with van der Waals surface area (Å²) in [5, 5.41) is 11.2. The summed E-state index contributed by atoms with van der Waals surface area (Å²) in [5.41, 5.74) is 6.48. The number of carbonyl (C=O) groups excluding carboxylic acids is 3. The third-order valence-corrected chi connectivity index (χ3v) is 4.74. The molecular weight excluding hydrogens is 378 g/mol. The lowest BCUT2D eigenvalue weighted by atomic mass is 10.1. The molecule has 0 bridgehead atoms. The molecule has 0 aliphatic carbocycles. The predicted octanol–water partition coefficient (Wildman–Crippen LogP) is 1.93. The van der Waals surface area contributed by atoms with Gasteiger partial charge >= 0.3 is 5.97 Å². The quantitative estimate of drug-likeness (QED) is 0.411. The van der Waals surface area contributed by atoms with Gasteiger partial charge in [0, 0.05) is 12.5 Å². The summed E-state index contributed by atoms with van der Waals surface area (Å²) in [6.07, 6.45) is -0.154. The van der Waals surface area contributed by atoms with Crippen LogP contribution in [0.15, 0.2) is 48.5 Å². The molecule has 2 amide bonds. The van der Waals surface area contributed by atoms with Crippen LogP contribution in [0.2, 0.25) is 0 Å². The number of nitrogens with zero attached hydrogens (tertiary/aromatic N) is 2. The molecule has 1 unspecified atom stereocenters. The summed E-state index contributed by atoms with van der Waals surface area (Å²) in [6, 6.07) is 12.2. The summed E-state index contributed by atoms with van der Waals surface area (Å²) in [6.45, 7) is -0.0147. The number of esters is 1. The van der Waals surface area contributed by atoms with E-state index in [1.54, 1.807) is 0 Å². The first-order chi connectivity index (χ1) is 13.9. The molecule has 150 valence electrons. The van der Waals surface area contributed by atoms with Crippen LogP contribution in [0.25, 0.3) is 0 Å². The molecule has 2 aromatic carbocycles. The van der Waals surface area contributed by atoms with E-state index in [0.717, 1.165) is 5.56 Å². The van der Waals surface area contributed by atoms with Gasteiger partial charge in [-0.05, 0) is 18.1 Å². The summed E-state index contributed by atoms with van der Waals surface area (Å²) in [5.74, 6) is -1.84. The minimum atomic E-state index is -1.07. The van der Waals surface area contributed by atoms with Crippen LogP contribution in [0.5, 0.6) is 0 Å². The molecule has 29 heavy (non-hydrogen) atoms. The van der Waals surface area contributed by atoms with Crippen LogP contribution in [-0.2, 0) is 27.5 Å². The Kier molecular flexibility index (Phi) is 5.87. The summed E-state index contributed by atoms with van der Waals surface area (Å²) in [7, 11) is 0. The van der Waals surface area contributed by atoms with Crippen molar-refractivity contribution in [1.29, 1.82) is 0 Å². The van der Waals surface area contributed by atoms with E-state index in [2.05, 4.69) is 0 Å². The van der Waals surface area contributed by atoms with Gasteiger partial charge in [-0.2, -0.15) is 0 Å². The second kappa shape index (κ2) is 8.51. The lowest BCUT2D eigenvalue weighted by molar-refractivity contribution is -0.385. The minimum Gasteiger partial charge on any atom is -0.461 e. The summed E-state index contributed by atoms with van der Waals surface area (Å²) < 4.78 is 5.18. The Balaban J connectivity index is 1.65. The van der Waals surface area contributed by atoms with Crippen molar-refractivity contribution in [2.75, 3.05) is 0 Å². The van der Waals surface area contributed by atoms with E-state index in [-0.39, 0.29) is 42.8 Å². The SMILES string of the molecule is NC(=O)C(CCC(=O)OCc1ccccc1)N1Cc2c(cccc2[N+](=O)[O-])C1=O. The maximum Gasteiger partial charge on any atom is 0.306 e. The molecule has 0 fully saturated rings. The first-order valence-corrected chi connectivity index (χ1v) is 8.94. The second-order valence-corrected chi connectivity index (χ2v) is 6.60. The molecule has 1 aliphatic heterocycles. The maximum absolute atomic E-state index is 12.7. The third kappa shape index (κ3) is 4.40. The lowest BCUT2D eigenvalue weighted by Gasteiger charge is -2.24.